The Morgan fingerprint density at radius 2 is 1.93 bits per heavy atom. The van der Waals surface area contributed by atoms with E-state index in [-0.39, 0.29) is 13.0 Å². The molecule has 3 N–H and O–H groups in total. The van der Waals surface area contributed by atoms with Crippen molar-refractivity contribution in [2.45, 2.75) is 18.9 Å². The standard InChI is InChI=1S/C6H10N2O6S/c9-5(10)4-2-1-3-8(4)15(13,14)7-6(11)12/h4,7H,1-3H2,(H,9,10)(H,11,12)/t4-/m0/s1. The molecular weight excluding hydrogens is 228 g/mol. The van der Waals surface area contributed by atoms with Crippen LogP contribution in [-0.4, -0.2) is 47.6 Å². The highest BCUT2D eigenvalue weighted by atomic mass is 32.2. The molecule has 8 nitrogen and oxygen atoms in total. The fourth-order valence-corrected chi connectivity index (χ4v) is 2.68. The Labute approximate surface area is 85.7 Å². The van der Waals surface area contributed by atoms with Crippen LogP contribution in [0.3, 0.4) is 0 Å². The van der Waals surface area contributed by atoms with Crippen LogP contribution in [0, 0.1) is 0 Å². The van der Waals surface area contributed by atoms with Crippen molar-refractivity contribution in [3.8, 4) is 0 Å². The van der Waals surface area contributed by atoms with Crippen molar-refractivity contribution in [1.82, 2.24) is 9.03 Å². The van der Waals surface area contributed by atoms with E-state index in [1.807, 2.05) is 0 Å². The largest absolute Gasteiger partial charge is 0.480 e. The lowest BCUT2D eigenvalue weighted by Crippen LogP contribution is -2.47. The second-order valence-electron chi connectivity index (χ2n) is 3.02. The molecule has 0 aromatic carbocycles. The Hall–Kier alpha value is -1.35. The van der Waals surface area contributed by atoms with Gasteiger partial charge in [-0.2, -0.15) is 12.7 Å². The SMILES string of the molecule is O=C(O)NS(=O)(=O)N1CCC[C@H]1C(=O)O. The van der Waals surface area contributed by atoms with Gasteiger partial charge in [-0.15, -0.1) is 0 Å². The topological polar surface area (TPSA) is 124 Å². The highest BCUT2D eigenvalue weighted by Crippen LogP contribution is 2.20. The Balaban J connectivity index is 2.87. The molecule has 1 heterocycles. The van der Waals surface area contributed by atoms with Gasteiger partial charge in [0.2, 0.25) is 0 Å². The number of rotatable bonds is 3. The van der Waals surface area contributed by atoms with Crippen LogP contribution in [0.25, 0.3) is 0 Å². The van der Waals surface area contributed by atoms with E-state index < -0.39 is 28.3 Å². The van der Waals surface area contributed by atoms with Crippen molar-refractivity contribution in [1.29, 1.82) is 0 Å². The summed E-state index contributed by atoms with van der Waals surface area (Å²) in [5.41, 5.74) is 0. The normalized spacial score (nSPS) is 22.5. The number of amides is 1. The smallest absolute Gasteiger partial charge is 0.419 e. The maximum atomic E-state index is 11.3. The molecule has 9 heteroatoms. The number of nitrogens with zero attached hydrogens (tertiary/aromatic N) is 1. The summed E-state index contributed by atoms with van der Waals surface area (Å²) in [6.45, 7) is 0.0135. The van der Waals surface area contributed by atoms with Gasteiger partial charge in [0.05, 0.1) is 0 Å². The molecule has 0 bridgehead atoms. The lowest BCUT2D eigenvalue weighted by molar-refractivity contribution is -0.140. The average Bonchev–Trinajstić information content (AvgIpc) is 2.48. The molecule has 15 heavy (non-hydrogen) atoms. The number of hydrogen-bond acceptors (Lipinski definition) is 4. The number of aliphatic carboxylic acids is 1. The van der Waals surface area contributed by atoms with Crippen molar-refractivity contribution in [3.05, 3.63) is 0 Å². The maximum absolute atomic E-state index is 11.3. The van der Waals surface area contributed by atoms with E-state index in [0.717, 1.165) is 0 Å². The van der Waals surface area contributed by atoms with Crippen LogP contribution in [-0.2, 0) is 15.0 Å². The van der Waals surface area contributed by atoms with Gasteiger partial charge in [-0.1, -0.05) is 0 Å². The van der Waals surface area contributed by atoms with Crippen molar-refractivity contribution in [3.63, 3.8) is 0 Å². The van der Waals surface area contributed by atoms with Crippen LogP contribution >= 0.6 is 0 Å². The molecular formula is C6H10N2O6S. The second kappa shape index (κ2) is 4.03. The third kappa shape index (κ3) is 2.57. The lowest BCUT2D eigenvalue weighted by atomic mass is 10.2. The number of carbonyl (C=O) groups is 2. The van der Waals surface area contributed by atoms with Gasteiger partial charge in [0.25, 0.3) is 0 Å². The molecule has 1 amide bonds. The molecule has 1 fully saturated rings. The van der Waals surface area contributed by atoms with E-state index in [2.05, 4.69) is 0 Å². The van der Waals surface area contributed by atoms with Crippen LogP contribution < -0.4 is 4.72 Å². The Kier molecular flexibility index (Phi) is 3.15. The molecule has 0 aliphatic carbocycles. The highest BCUT2D eigenvalue weighted by molar-refractivity contribution is 7.87. The van der Waals surface area contributed by atoms with Crippen LogP contribution in [0.2, 0.25) is 0 Å². The molecule has 1 rings (SSSR count). The first-order chi connectivity index (χ1) is 6.84. The third-order valence-corrected chi connectivity index (χ3v) is 3.50. The predicted octanol–water partition coefficient (Wildman–Crippen LogP) is -0.952. The van der Waals surface area contributed by atoms with Crippen molar-refractivity contribution in [2.75, 3.05) is 6.54 Å². The Bertz CT molecular complexity index is 377. The zero-order valence-electron chi connectivity index (χ0n) is 7.58. The van der Waals surface area contributed by atoms with Gasteiger partial charge in [-0.3, -0.25) is 4.79 Å². The number of carboxylic acid groups (broad SMARTS) is 2. The fourth-order valence-electron chi connectivity index (χ4n) is 1.44. The van der Waals surface area contributed by atoms with Gasteiger partial charge in [-0.05, 0) is 12.8 Å². The summed E-state index contributed by atoms with van der Waals surface area (Å²) in [5.74, 6) is -1.27. The minimum Gasteiger partial charge on any atom is -0.480 e. The molecule has 0 unspecified atom stereocenters. The average molecular weight is 238 g/mol. The summed E-state index contributed by atoms with van der Waals surface area (Å²) in [4.78, 5) is 20.8. The second-order valence-corrected chi connectivity index (χ2v) is 4.64. The fraction of sp³-hybridized carbons (Fsp3) is 0.667. The van der Waals surface area contributed by atoms with E-state index in [1.165, 1.54) is 4.72 Å². The zero-order chi connectivity index (χ0) is 11.6. The molecule has 86 valence electrons. The van der Waals surface area contributed by atoms with E-state index >= 15 is 0 Å². The summed E-state index contributed by atoms with van der Waals surface area (Å²) in [6, 6.07) is -1.18. The summed E-state index contributed by atoms with van der Waals surface area (Å²) < 4.78 is 24.6. The van der Waals surface area contributed by atoms with Crippen LogP contribution in [0.15, 0.2) is 0 Å². The molecule has 0 spiro atoms. The summed E-state index contributed by atoms with van der Waals surface area (Å²) in [7, 11) is -4.25. The van der Waals surface area contributed by atoms with E-state index in [9.17, 15) is 18.0 Å². The number of carboxylic acids is 1. The Morgan fingerprint density at radius 1 is 1.33 bits per heavy atom. The quantitative estimate of drug-likeness (QED) is 0.582. The number of hydrogen-bond donors (Lipinski definition) is 3. The molecule has 0 radical (unpaired) electrons. The first-order valence-corrected chi connectivity index (χ1v) is 5.54. The van der Waals surface area contributed by atoms with Crippen molar-refractivity contribution < 1.29 is 28.2 Å². The zero-order valence-corrected chi connectivity index (χ0v) is 8.40. The molecule has 0 aromatic rings. The van der Waals surface area contributed by atoms with Crippen molar-refractivity contribution >= 4 is 22.3 Å². The van der Waals surface area contributed by atoms with Gasteiger partial charge >= 0.3 is 22.3 Å². The van der Waals surface area contributed by atoms with Gasteiger partial charge in [0.15, 0.2) is 0 Å². The summed E-state index contributed by atoms with van der Waals surface area (Å²) >= 11 is 0. The molecule has 0 saturated carbocycles. The Morgan fingerprint density at radius 3 is 2.40 bits per heavy atom. The highest BCUT2D eigenvalue weighted by Gasteiger charge is 2.39. The van der Waals surface area contributed by atoms with Crippen LogP contribution in [0.4, 0.5) is 4.79 Å². The van der Waals surface area contributed by atoms with Gasteiger partial charge < -0.3 is 10.2 Å². The van der Waals surface area contributed by atoms with Gasteiger partial charge in [0, 0.05) is 6.54 Å². The molecule has 0 aromatic heterocycles. The summed E-state index contributed by atoms with van der Waals surface area (Å²) in [6.07, 6.45) is -1.14. The molecule has 1 aliphatic rings. The van der Waals surface area contributed by atoms with Crippen molar-refractivity contribution in [2.24, 2.45) is 0 Å². The monoisotopic (exact) mass is 238 g/mol. The maximum Gasteiger partial charge on any atom is 0.419 e. The van der Waals surface area contributed by atoms with Gasteiger partial charge in [-0.25, -0.2) is 9.52 Å². The molecule has 1 atom stereocenters. The predicted molar refractivity (Wildman–Crippen MR) is 47.4 cm³/mol. The first kappa shape index (κ1) is 11.7. The number of nitrogens with one attached hydrogen (secondary N) is 1. The van der Waals surface area contributed by atoms with E-state index in [0.29, 0.717) is 10.7 Å². The van der Waals surface area contributed by atoms with Gasteiger partial charge in [0.1, 0.15) is 6.04 Å². The van der Waals surface area contributed by atoms with Crippen LogP contribution in [0.5, 0.6) is 0 Å². The lowest BCUT2D eigenvalue weighted by Gasteiger charge is -2.19. The molecule has 1 aliphatic heterocycles. The third-order valence-electron chi connectivity index (χ3n) is 2.01. The minimum atomic E-state index is -4.25. The summed E-state index contributed by atoms with van der Waals surface area (Å²) in [5, 5.41) is 17.0. The van der Waals surface area contributed by atoms with Crippen LogP contribution in [0.1, 0.15) is 12.8 Å². The van der Waals surface area contributed by atoms with E-state index in [4.69, 9.17) is 10.2 Å². The van der Waals surface area contributed by atoms with E-state index in [1.54, 1.807) is 0 Å². The minimum absolute atomic E-state index is 0.0135. The molecule has 1 saturated heterocycles. The first-order valence-electron chi connectivity index (χ1n) is 4.10.